The molecule has 1 N–H and O–H groups in total. The molecule has 0 spiro atoms. The van der Waals surface area contributed by atoms with E-state index in [0.717, 1.165) is 0 Å². The van der Waals surface area contributed by atoms with Gasteiger partial charge in [0.05, 0.1) is 26.4 Å². The van der Waals surface area contributed by atoms with Gasteiger partial charge in [0.1, 0.15) is 12.4 Å². The van der Waals surface area contributed by atoms with Crippen LogP contribution in [0.5, 0.6) is 23.0 Å². The molecule has 29 heavy (non-hydrogen) atoms. The van der Waals surface area contributed by atoms with E-state index in [9.17, 15) is 4.79 Å². The minimum atomic E-state index is -0.288. The van der Waals surface area contributed by atoms with Gasteiger partial charge in [0, 0.05) is 24.4 Å². The first-order valence-electron chi connectivity index (χ1n) is 9.72. The fraction of sp³-hybridized carbons (Fsp3) is 0.409. The number of carbonyl (C=O) groups excluding carboxylic acids is 1. The maximum atomic E-state index is 12.8. The number of amides is 1. The van der Waals surface area contributed by atoms with E-state index >= 15 is 0 Å². The summed E-state index contributed by atoms with van der Waals surface area (Å²) in [5.74, 6) is 1.81. The van der Waals surface area contributed by atoms with Crippen LogP contribution in [-0.4, -0.2) is 46.1 Å². The van der Waals surface area contributed by atoms with E-state index in [1.807, 2.05) is 32.9 Å². The molecule has 0 saturated heterocycles. The number of carbonyl (C=O) groups is 1. The Balaban J connectivity index is 2.24. The average Bonchev–Trinajstić information content (AvgIpc) is 2.71. The molecule has 1 amide bonds. The second-order valence-electron chi connectivity index (χ2n) is 5.92. The largest absolute Gasteiger partial charge is 0.491 e. The summed E-state index contributed by atoms with van der Waals surface area (Å²) in [6, 6.07) is 10.5. The van der Waals surface area contributed by atoms with Gasteiger partial charge < -0.3 is 29.0 Å². The average molecular weight is 403 g/mol. The highest BCUT2D eigenvalue weighted by Gasteiger charge is 2.18. The van der Waals surface area contributed by atoms with Gasteiger partial charge in [-0.3, -0.25) is 4.79 Å². The van der Waals surface area contributed by atoms with Gasteiger partial charge in [-0.25, -0.2) is 0 Å². The molecule has 0 aromatic heterocycles. The monoisotopic (exact) mass is 403 g/mol. The molecule has 2 aromatic carbocycles. The molecule has 7 nitrogen and oxygen atoms in total. The number of benzene rings is 2. The summed E-state index contributed by atoms with van der Waals surface area (Å²) >= 11 is 0. The Labute approximate surface area is 171 Å². The van der Waals surface area contributed by atoms with Crippen molar-refractivity contribution < 1.29 is 28.5 Å². The molecule has 0 fully saturated rings. The molecular weight excluding hydrogens is 374 g/mol. The van der Waals surface area contributed by atoms with Crippen molar-refractivity contribution in [2.75, 3.05) is 45.5 Å². The molecular formula is C22H29NO6. The van der Waals surface area contributed by atoms with E-state index in [1.165, 1.54) is 0 Å². The molecule has 0 aliphatic carbocycles. The van der Waals surface area contributed by atoms with Crippen molar-refractivity contribution in [3.8, 4) is 23.0 Å². The molecule has 0 unspecified atom stereocenters. The number of anilines is 1. The van der Waals surface area contributed by atoms with Gasteiger partial charge in [-0.15, -0.1) is 0 Å². The van der Waals surface area contributed by atoms with E-state index in [1.54, 1.807) is 31.4 Å². The maximum Gasteiger partial charge on any atom is 0.255 e. The van der Waals surface area contributed by atoms with Gasteiger partial charge in [0.25, 0.3) is 5.91 Å². The van der Waals surface area contributed by atoms with Crippen molar-refractivity contribution in [1.29, 1.82) is 0 Å². The third-order valence-corrected chi connectivity index (χ3v) is 3.82. The lowest BCUT2D eigenvalue weighted by Crippen LogP contribution is -2.13. The lowest BCUT2D eigenvalue weighted by Gasteiger charge is -2.17. The summed E-state index contributed by atoms with van der Waals surface area (Å²) in [4.78, 5) is 12.8. The Hall–Kier alpha value is -2.93. The molecule has 0 bridgehead atoms. The SMILES string of the molecule is CCOc1cc(C(=O)Nc2cccc(OCCOC)c2)cc(OCC)c1OCC. The van der Waals surface area contributed by atoms with Crippen molar-refractivity contribution in [3.63, 3.8) is 0 Å². The highest BCUT2D eigenvalue weighted by molar-refractivity contribution is 6.05. The summed E-state index contributed by atoms with van der Waals surface area (Å²) in [7, 11) is 1.61. The first-order valence-corrected chi connectivity index (χ1v) is 9.72. The third-order valence-electron chi connectivity index (χ3n) is 3.82. The normalized spacial score (nSPS) is 10.3. The van der Waals surface area contributed by atoms with Crippen LogP contribution in [0.2, 0.25) is 0 Å². The van der Waals surface area contributed by atoms with Crippen LogP contribution >= 0.6 is 0 Å². The van der Waals surface area contributed by atoms with Gasteiger partial charge in [0.2, 0.25) is 5.75 Å². The lowest BCUT2D eigenvalue weighted by atomic mass is 10.1. The molecule has 2 aromatic rings. The Kier molecular flexibility index (Phi) is 9.11. The predicted octanol–water partition coefficient (Wildman–Crippen LogP) is 4.16. The zero-order valence-electron chi connectivity index (χ0n) is 17.4. The van der Waals surface area contributed by atoms with Crippen molar-refractivity contribution in [1.82, 2.24) is 0 Å². The highest BCUT2D eigenvalue weighted by atomic mass is 16.5. The first kappa shape index (κ1) is 22.4. The zero-order chi connectivity index (χ0) is 21.1. The fourth-order valence-electron chi connectivity index (χ4n) is 2.63. The minimum Gasteiger partial charge on any atom is -0.491 e. The Bertz CT molecular complexity index is 766. The van der Waals surface area contributed by atoms with Gasteiger partial charge in [-0.05, 0) is 45.0 Å². The van der Waals surface area contributed by atoms with Gasteiger partial charge in [0.15, 0.2) is 11.5 Å². The van der Waals surface area contributed by atoms with E-state index in [2.05, 4.69) is 5.32 Å². The smallest absolute Gasteiger partial charge is 0.255 e. The molecule has 158 valence electrons. The number of hydrogen-bond donors (Lipinski definition) is 1. The second-order valence-corrected chi connectivity index (χ2v) is 5.92. The Morgan fingerprint density at radius 2 is 1.52 bits per heavy atom. The number of rotatable bonds is 12. The topological polar surface area (TPSA) is 75.3 Å². The van der Waals surface area contributed by atoms with Crippen molar-refractivity contribution in [2.24, 2.45) is 0 Å². The van der Waals surface area contributed by atoms with Crippen molar-refractivity contribution >= 4 is 11.6 Å². The lowest BCUT2D eigenvalue weighted by molar-refractivity contribution is 0.102. The summed E-state index contributed by atoms with van der Waals surface area (Å²) in [5.41, 5.74) is 1.03. The van der Waals surface area contributed by atoms with Crippen LogP contribution in [0.4, 0.5) is 5.69 Å². The molecule has 7 heteroatoms. The van der Waals surface area contributed by atoms with Crippen LogP contribution < -0.4 is 24.3 Å². The Morgan fingerprint density at radius 1 is 0.862 bits per heavy atom. The van der Waals surface area contributed by atoms with Crippen LogP contribution in [0.25, 0.3) is 0 Å². The first-order chi connectivity index (χ1) is 14.1. The number of methoxy groups -OCH3 is 1. The summed E-state index contributed by atoms with van der Waals surface area (Å²) in [6.07, 6.45) is 0. The predicted molar refractivity (Wildman–Crippen MR) is 112 cm³/mol. The van der Waals surface area contributed by atoms with Gasteiger partial charge in [-0.2, -0.15) is 0 Å². The van der Waals surface area contributed by atoms with Crippen molar-refractivity contribution in [2.45, 2.75) is 20.8 Å². The maximum absolute atomic E-state index is 12.8. The van der Waals surface area contributed by atoms with E-state index < -0.39 is 0 Å². The molecule has 0 radical (unpaired) electrons. The Morgan fingerprint density at radius 3 is 2.10 bits per heavy atom. The second kappa shape index (κ2) is 11.8. The molecule has 2 rings (SSSR count). The van der Waals surface area contributed by atoms with Gasteiger partial charge in [-0.1, -0.05) is 6.07 Å². The van der Waals surface area contributed by atoms with Gasteiger partial charge >= 0.3 is 0 Å². The van der Waals surface area contributed by atoms with E-state index in [4.69, 9.17) is 23.7 Å². The van der Waals surface area contributed by atoms with Crippen molar-refractivity contribution in [3.05, 3.63) is 42.0 Å². The molecule has 0 aliphatic rings. The molecule has 0 aliphatic heterocycles. The summed E-state index contributed by atoms with van der Waals surface area (Å²) in [6.45, 7) is 7.89. The number of hydrogen-bond acceptors (Lipinski definition) is 6. The summed E-state index contributed by atoms with van der Waals surface area (Å²) < 4.78 is 27.6. The van der Waals surface area contributed by atoms with Crippen LogP contribution in [0.1, 0.15) is 31.1 Å². The standard InChI is InChI=1S/C22H29NO6/c1-5-26-19-13-16(14-20(27-6-2)21(19)28-7-3)22(24)23-17-9-8-10-18(15-17)29-12-11-25-4/h8-10,13-15H,5-7,11-12H2,1-4H3,(H,23,24). The highest BCUT2D eigenvalue weighted by Crippen LogP contribution is 2.39. The molecule has 0 heterocycles. The fourth-order valence-corrected chi connectivity index (χ4v) is 2.63. The number of ether oxygens (including phenoxy) is 5. The van der Waals surface area contributed by atoms with E-state index in [0.29, 0.717) is 67.3 Å². The van der Waals surface area contributed by atoms with Crippen LogP contribution in [0, 0.1) is 0 Å². The van der Waals surface area contributed by atoms with Crippen LogP contribution in [-0.2, 0) is 4.74 Å². The molecule has 0 saturated carbocycles. The summed E-state index contributed by atoms with van der Waals surface area (Å²) in [5, 5.41) is 2.88. The van der Waals surface area contributed by atoms with E-state index in [-0.39, 0.29) is 5.91 Å². The minimum absolute atomic E-state index is 0.288. The zero-order valence-corrected chi connectivity index (χ0v) is 17.4. The number of nitrogens with one attached hydrogen (secondary N) is 1. The quantitative estimate of drug-likeness (QED) is 0.537. The third kappa shape index (κ3) is 6.57. The molecule has 0 atom stereocenters. The van der Waals surface area contributed by atoms with Crippen LogP contribution in [0.3, 0.4) is 0 Å². The van der Waals surface area contributed by atoms with Crippen LogP contribution in [0.15, 0.2) is 36.4 Å².